The molecule has 0 unspecified atom stereocenters. The van der Waals surface area contributed by atoms with Gasteiger partial charge in [-0.2, -0.15) is 0 Å². The number of ether oxygens (including phenoxy) is 2. The summed E-state index contributed by atoms with van der Waals surface area (Å²) in [5, 5.41) is 3.01. The average molecular weight is 484 g/mol. The van der Waals surface area contributed by atoms with Crippen molar-refractivity contribution in [3.05, 3.63) is 102 Å². The highest BCUT2D eigenvalue weighted by Gasteiger charge is 2.12. The third kappa shape index (κ3) is 6.33. The Morgan fingerprint density at radius 1 is 1.03 bits per heavy atom. The predicted molar refractivity (Wildman–Crippen MR) is 144 cm³/mol. The normalized spacial score (nSPS) is 10.8. The number of aromatic nitrogens is 2. The van der Waals surface area contributed by atoms with E-state index in [1.807, 2.05) is 42.5 Å². The lowest BCUT2D eigenvalue weighted by atomic mass is 10.1. The lowest BCUT2D eigenvalue weighted by Crippen LogP contribution is -2.26. The first-order valence-corrected chi connectivity index (χ1v) is 12.4. The molecule has 0 atom stereocenters. The maximum absolute atomic E-state index is 12.5. The van der Waals surface area contributed by atoms with Gasteiger partial charge in [0.25, 0.3) is 5.91 Å². The molecule has 0 aliphatic heterocycles. The first kappa shape index (κ1) is 25.0. The van der Waals surface area contributed by atoms with Gasteiger partial charge in [0, 0.05) is 25.1 Å². The molecule has 186 valence electrons. The summed E-state index contributed by atoms with van der Waals surface area (Å²) in [7, 11) is 1.61. The summed E-state index contributed by atoms with van der Waals surface area (Å²) in [5.74, 6) is 2.53. The minimum atomic E-state index is -0.103. The van der Waals surface area contributed by atoms with Gasteiger partial charge < -0.3 is 19.4 Å². The monoisotopic (exact) mass is 483 g/mol. The van der Waals surface area contributed by atoms with Gasteiger partial charge in [0.1, 0.15) is 17.3 Å². The first-order chi connectivity index (χ1) is 17.7. The second-order valence-electron chi connectivity index (χ2n) is 8.56. The van der Waals surface area contributed by atoms with Gasteiger partial charge in [-0.1, -0.05) is 36.4 Å². The van der Waals surface area contributed by atoms with Gasteiger partial charge in [-0.15, -0.1) is 6.58 Å². The Kier molecular flexibility index (Phi) is 8.76. The highest BCUT2D eigenvalue weighted by molar-refractivity contribution is 5.94. The summed E-state index contributed by atoms with van der Waals surface area (Å²) >= 11 is 0. The van der Waals surface area contributed by atoms with Crippen LogP contribution in [0.5, 0.6) is 11.5 Å². The van der Waals surface area contributed by atoms with E-state index in [4.69, 9.17) is 14.5 Å². The van der Waals surface area contributed by atoms with Crippen LogP contribution in [0, 0.1) is 0 Å². The van der Waals surface area contributed by atoms with Crippen molar-refractivity contribution in [2.45, 2.75) is 32.2 Å². The molecule has 0 aliphatic carbocycles. The summed E-state index contributed by atoms with van der Waals surface area (Å²) in [6.45, 7) is 5.85. The number of para-hydroxylation sites is 3. The van der Waals surface area contributed by atoms with Crippen molar-refractivity contribution in [2.75, 3.05) is 20.3 Å². The number of aryl methyl sites for hydroxylation is 1. The SMILES string of the molecule is C=CCc1ccccc1OCCCCn1c(CCNC(=O)c2ccc(OC)cc2)nc2ccccc21. The summed E-state index contributed by atoms with van der Waals surface area (Å²) in [5.41, 5.74) is 3.86. The molecule has 4 aromatic rings. The Morgan fingerprint density at radius 2 is 1.81 bits per heavy atom. The second kappa shape index (κ2) is 12.6. The number of rotatable bonds is 13. The van der Waals surface area contributed by atoms with E-state index < -0.39 is 0 Å². The molecule has 6 nitrogen and oxygen atoms in total. The van der Waals surface area contributed by atoms with E-state index in [-0.39, 0.29) is 5.91 Å². The third-order valence-electron chi connectivity index (χ3n) is 6.09. The molecule has 6 heteroatoms. The van der Waals surface area contributed by atoms with E-state index >= 15 is 0 Å². The van der Waals surface area contributed by atoms with E-state index in [9.17, 15) is 4.79 Å². The molecule has 1 aromatic heterocycles. The number of hydrogen-bond donors (Lipinski definition) is 1. The molecule has 4 rings (SSSR count). The molecular weight excluding hydrogens is 450 g/mol. The van der Waals surface area contributed by atoms with E-state index in [1.165, 1.54) is 0 Å². The Hall–Kier alpha value is -4.06. The van der Waals surface area contributed by atoms with Crippen molar-refractivity contribution in [3.63, 3.8) is 0 Å². The van der Waals surface area contributed by atoms with E-state index in [0.717, 1.165) is 59.7 Å². The number of allylic oxidation sites excluding steroid dienone is 1. The van der Waals surface area contributed by atoms with Crippen molar-refractivity contribution < 1.29 is 14.3 Å². The molecule has 3 aromatic carbocycles. The van der Waals surface area contributed by atoms with Crippen LogP contribution in [0.25, 0.3) is 11.0 Å². The molecule has 0 radical (unpaired) electrons. The molecule has 0 aliphatic rings. The molecule has 1 N–H and O–H groups in total. The van der Waals surface area contributed by atoms with Crippen molar-refractivity contribution in [1.82, 2.24) is 14.9 Å². The van der Waals surface area contributed by atoms with Gasteiger partial charge in [-0.25, -0.2) is 4.98 Å². The number of imidazole rings is 1. The van der Waals surface area contributed by atoms with Crippen molar-refractivity contribution in [1.29, 1.82) is 0 Å². The molecule has 0 saturated carbocycles. The van der Waals surface area contributed by atoms with Crippen LogP contribution in [0.2, 0.25) is 0 Å². The fourth-order valence-corrected chi connectivity index (χ4v) is 4.22. The number of carbonyl (C=O) groups is 1. The first-order valence-electron chi connectivity index (χ1n) is 12.4. The number of unbranched alkanes of at least 4 members (excludes halogenated alkanes) is 1. The number of nitrogens with one attached hydrogen (secondary N) is 1. The summed E-state index contributed by atoms with van der Waals surface area (Å²) in [6.07, 6.45) is 5.25. The third-order valence-corrected chi connectivity index (χ3v) is 6.09. The lowest BCUT2D eigenvalue weighted by Gasteiger charge is -2.12. The Morgan fingerprint density at radius 3 is 2.61 bits per heavy atom. The summed E-state index contributed by atoms with van der Waals surface area (Å²) < 4.78 is 13.5. The molecule has 0 saturated heterocycles. The summed E-state index contributed by atoms with van der Waals surface area (Å²) in [4.78, 5) is 17.4. The van der Waals surface area contributed by atoms with Gasteiger partial charge >= 0.3 is 0 Å². The molecule has 0 spiro atoms. The Labute approximate surface area is 212 Å². The van der Waals surface area contributed by atoms with Gasteiger partial charge in [-0.05, 0) is 67.3 Å². The van der Waals surface area contributed by atoms with Crippen LogP contribution in [0.15, 0.2) is 85.5 Å². The Bertz CT molecular complexity index is 1290. The van der Waals surface area contributed by atoms with E-state index in [1.54, 1.807) is 31.4 Å². The minimum absolute atomic E-state index is 0.103. The Balaban J connectivity index is 1.32. The highest BCUT2D eigenvalue weighted by atomic mass is 16.5. The van der Waals surface area contributed by atoms with Crippen molar-refractivity contribution in [3.8, 4) is 11.5 Å². The number of carbonyl (C=O) groups excluding carboxylic acids is 1. The molecule has 1 heterocycles. The maximum Gasteiger partial charge on any atom is 0.251 e. The smallest absolute Gasteiger partial charge is 0.251 e. The number of methoxy groups -OCH3 is 1. The van der Waals surface area contributed by atoms with Crippen LogP contribution in [0.1, 0.15) is 34.6 Å². The number of fused-ring (bicyclic) bond motifs is 1. The minimum Gasteiger partial charge on any atom is -0.497 e. The number of amides is 1. The fourth-order valence-electron chi connectivity index (χ4n) is 4.22. The van der Waals surface area contributed by atoms with Crippen LogP contribution in [-0.4, -0.2) is 35.7 Å². The zero-order chi connectivity index (χ0) is 25.2. The number of nitrogens with zero attached hydrogens (tertiary/aromatic N) is 2. The highest BCUT2D eigenvalue weighted by Crippen LogP contribution is 2.20. The fraction of sp³-hybridized carbons (Fsp3) is 0.267. The van der Waals surface area contributed by atoms with E-state index in [0.29, 0.717) is 25.1 Å². The van der Waals surface area contributed by atoms with Crippen molar-refractivity contribution >= 4 is 16.9 Å². The van der Waals surface area contributed by atoms with Crippen LogP contribution in [0.4, 0.5) is 0 Å². The van der Waals surface area contributed by atoms with Crippen LogP contribution in [0.3, 0.4) is 0 Å². The van der Waals surface area contributed by atoms with Crippen LogP contribution < -0.4 is 14.8 Å². The zero-order valence-electron chi connectivity index (χ0n) is 20.8. The zero-order valence-corrected chi connectivity index (χ0v) is 20.8. The van der Waals surface area contributed by atoms with Gasteiger partial charge in [-0.3, -0.25) is 4.79 Å². The molecule has 0 fully saturated rings. The number of benzene rings is 3. The molecule has 0 bridgehead atoms. The predicted octanol–water partition coefficient (Wildman–Crippen LogP) is 5.61. The average Bonchev–Trinajstić information content (AvgIpc) is 3.26. The topological polar surface area (TPSA) is 65.4 Å². The van der Waals surface area contributed by atoms with Gasteiger partial charge in [0.15, 0.2) is 0 Å². The van der Waals surface area contributed by atoms with Crippen molar-refractivity contribution in [2.24, 2.45) is 0 Å². The van der Waals surface area contributed by atoms with Gasteiger partial charge in [0.05, 0.1) is 24.8 Å². The largest absolute Gasteiger partial charge is 0.497 e. The number of hydrogen-bond acceptors (Lipinski definition) is 4. The van der Waals surface area contributed by atoms with E-state index in [2.05, 4.69) is 28.6 Å². The maximum atomic E-state index is 12.5. The molecule has 36 heavy (non-hydrogen) atoms. The lowest BCUT2D eigenvalue weighted by molar-refractivity contribution is 0.0954. The summed E-state index contributed by atoms with van der Waals surface area (Å²) in [6, 6.07) is 23.4. The molecule has 1 amide bonds. The van der Waals surface area contributed by atoms with Gasteiger partial charge in [0.2, 0.25) is 0 Å². The second-order valence-corrected chi connectivity index (χ2v) is 8.56. The quantitative estimate of drug-likeness (QED) is 0.198. The standard InChI is InChI=1S/C30H33N3O3/c1-3-10-23-11-4-7-14-28(23)36-22-9-8-21-33-27-13-6-5-12-26(27)32-29(33)19-20-31-30(34)24-15-17-25(35-2)18-16-24/h3-7,11-18H,1,8-10,19-22H2,2H3,(H,31,34). The van der Waals surface area contributed by atoms with Crippen LogP contribution in [-0.2, 0) is 19.4 Å². The molecular formula is C30H33N3O3. The van der Waals surface area contributed by atoms with Crippen LogP contribution >= 0.6 is 0 Å².